The predicted molar refractivity (Wildman–Crippen MR) is 134 cm³/mol. The van der Waals surface area contributed by atoms with E-state index in [4.69, 9.17) is 30.9 Å². The summed E-state index contributed by atoms with van der Waals surface area (Å²) < 4.78 is 16.4. The number of hydrogen-bond donors (Lipinski definition) is 1. The van der Waals surface area contributed by atoms with E-state index in [1.54, 1.807) is 45.0 Å². The number of carbonyl (C=O) groups excluding carboxylic acids is 3. The van der Waals surface area contributed by atoms with Crippen LogP contribution in [0, 0.1) is 0 Å². The number of hydrogen-bond acceptors (Lipinski definition) is 8. The molecular formula is C25H24ClNO8S. The Kier molecular flexibility index (Phi) is 8.31. The van der Waals surface area contributed by atoms with Crippen molar-refractivity contribution in [3.05, 3.63) is 63.0 Å². The maximum atomic E-state index is 12.7. The average molecular weight is 534 g/mol. The van der Waals surface area contributed by atoms with Gasteiger partial charge in [-0.25, -0.2) is 4.79 Å². The summed E-state index contributed by atoms with van der Waals surface area (Å²) in [5, 5.41) is 8.63. The van der Waals surface area contributed by atoms with Crippen molar-refractivity contribution in [2.24, 2.45) is 0 Å². The number of benzene rings is 2. The molecule has 2 amide bonds. The lowest BCUT2D eigenvalue weighted by atomic mass is 10.1. The Hall–Kier alpha value is -3.50. The standard InChI is InChI=1S/C25H24ClNO8S/c1-25(2,3)35-20(28)12-27-22(29)19(36-24(27)32)11-15-9-17(26)21(18(10-15)33-4)34-13-14-5-7-16(8-6-14)23(30)31/h5-11H,12-13H2,1-4H3,(H,30,31). The maximum Gasteiger partial charge on any atom is 0.335 e. The number of esters is 1. The van der Waals surface area contributed by atoms with Gasteiger partial charge in [-0.2, -0.15) is 0 Å². The molecular weight excluding hydrogens is 510 g/mol. The quantitative estimate of drug-likeness (QED) is 0.369. The van der Waals surface area contributed by atoms with Crippen LogP contribution in [0.2, 0.25) is 5.02 Å². The molecule has 0 spiro atoms. The number of carbonyl (C=O) groups is 4. The zero-order chi connectivity index (χ0) is 26.6. The van der Waals surface area contributed by atoms with Gasteiger partial charge >= 0.3 is 11.9 Å². The molecule has 9 nitrogen and oxygen atoms in total. The van der Waals surface area contributed by atoms with Gasteiger partial charge in [0.2, 0.25) is 0 Å². The number of amides is 2. The van der Waals surface area contributed by atoms with E-state index in [1.165, 1.54) is 25.3 Å². The van der Waals surface area contributed by atoms with E-state index in [2.05, 4.69) is 0 Å². The Bertz CT molecular complexity index is 1230. The zero-order valence-corrected chi connectivity index (χ0v) is 21.6. The molecule has 2 aromatic rings. The highest BCUT2D eigenvalue weighted by atomic mass is 35.5. The lowest BCUT2D eigenvalue weighted by molar-refractivity contribution is -0.156. The summed E-state index contributed by atoms with van der Waals surface area (Å²) in [7, 11) is 1.43. The molecule has 2 aromatic carbocycles. The van der Waals surface area contributed by atoms with Crippen LogP contribution in [0.5, 0.6) is 11.5 Å². The van der Waals surface area contributed by atoms with E-state index >= 15 is 0 Å². The fourth-order valence-electron chi connectivity index (χ4n) is 3.15. The minimum Gasteiger partial charge on any atom is -0.493 e. The van der Waals surface area contributed by atoms with Crippen molar-refractivity contribution < 1.29 is 38.5 Å². The molecule has 190 valence electrons. The molecule has 0 bridgehead atoms. The first-order valence-corrected chi connectivity index (χ1v) is 11.9. The third-order valence-electron chi connectivity index (χ3n) is 4.71. The fraction of sp³-hybridized carbons (Fsp3) is 0.280. The van der Waals surface area contributed by atoms with Crippen molar-refractivity contribution in [2.45, 2.75) is 33.0 Å². The molecule has 3 rings (SSSR count). The van der Waals surface area contributed by atoms with Gasteiger partial charge in [0.25, 0.3) is 11.1 Å². The minimum absolute atomic E-state index is 0.110. The Morgan fingerprint density at radius 3 is 2.39 bits per heavy atom. The average Bonchev–Trinajstić information content (AvgIpc) is 3.04. The molecule has 1 N–H and O–H groups in total. The predicted octanol–water partition coefficient (Wildman–Crippen LogP) is 5.00. The number of rotatable bonds is 8. The Morgan fingerprint density at radius 2 is 1.81 bits per heavy atom. The van der Waals surface area contributed by atoms with Crippen molar-refractivity contribution in [1.82, 2.24) is 4.90 Å². The van der Waals surface area contributed by atoms with Gasteiger partial charge < -0.3 is 19.3 Å². The number of aromatic carboxylic acids is 1. The topological polar surface area (TPSA) is 119 Å². The summed E-state index contributed by atoms with van der Waals surface area (Å²) in [6.07, 6.45) is 1.47. The van der Waals surface area contributed by atoms with Crippen molar-refractivity contribution in [3.63, 3.8) is 0 Å². The normalized spacial score (nSPS) is 14.8. The molecule has 0 atom stereocenters. The van der Waals surface area contributed by atoms with Crippen LogP contribution < -0.4 is 9.47 Å². The Balaban J connectivity index is 1.75. The number of imide groups is 1. The SMILES string of the molecule is COc1cc(C=C2SC(=O)N(CC(=O)OC(C)(C)C)C2=O)cc(Cl)c1OCc1ccc(C(=O)O)cc1. The number of carboxylic acid groups (broad SMARTS) is 1. The molecule has 1 aliphatic rings. The second-order valence-corrected chi connectivity index (χ2v) is 10.1. The number of nitrogens with zero attached hydrogens (tertiary/aromatic N) is 1. The first-order chi connectivity index (χ1) is 16.9. The molecule has 0 aromatic heterocycles. The van der Waals surface area contributed by atoms with E-state index in [9.17, 15) is 19.2 Å². The van der Waals surface area contributed by atoms with Crippen molar-refractivity contribution in [1.29, 1.82) is 0 Å². The monoisotopic (exact) mass is 533 g/mol. The van der Waals surface area contributed by atoms with Gasteiger partial charge in [0.1, 0.15) is 18.8 Å². The molecule has 1 fully saturated rings. The lowest BCUT2D eigenvalue weighted by Crippen LogP contribution is -2.37. The number of thioether (sulfide) groups is 1. The maximum absolute atomic E-state index is 12.7. The van der Waals surface area contributed by atoms with Gasteiger partial charge in [-0.05, 0) is 74.0 Å². The number of ether oxygens (including phenoxy) is 3. The van der Waals surface area contributed by atoms with E-state index in [1.807, 2.05) is 0 Å². The summed E-state index contributed by atoms with van der Waals surface area (Å²) >= 11 is 7.12. The van der Waals surface area contributed by atoms with Crippen LogP contribution in [0.4, 0.5) is 4.79 Å². The van der Waals surface area contributed by atoms with Crippen LogP contribution in [-0.4, -0.2) is 52.3 Å². The van der Waals surface area contributed by atoms with E-state index in [0.29, 0.717) is 23.1 Å². The third-order valence-corrected chi connectivity index (χ3v) is 5.90. The molecule has 1 saturated heterocycles. The highest BCUT2D eigenvalue weighted by molar-refractivity contribution is 8.18. The summed E-state index contributed by atoms with van der Waals surface area (Å²) in [6.45, 7) is 4.71. The molecule has 0 unspecified atom stereocenters. The zero-order valence-electron chi connectivity index (χ0n) is 20.0. The highest BCUT2D eigenvalue weighted by Crippen LogP contribution is 2.39. The van der Waals surface area contributed by atoms with Crippen molar-refractivity contribution >= 4 is 52.5 Å². The molecule has 11 heteroatoms. The summed E-state index contributed by atoms with van der Waals surface area (Å²) in [6, 6.07) is 9.35. The number of methoxy groups -OCH3 is 1. The van der Waals surface area contributed by atoms with Crippen LogP contribution in [0.1, 0.15) is 42.3 Å². The van der Waals surface area contributed by atoms with Crippen LogP contribution >= 0.6 is 23.4 Å². The van der Waals surface area contributed by atoms with Gasteiger partial charge in [-0.15, -0.1) is 0 Å². The summed E-state index contributed by atoms with van der Waals surface area (Å²) in [5.41, 5.74) is 0.626. The summed E-state index contributed by atoms with van der Waals surface area (Å²) in [5.74, 6) is -1.77. The second-order valence-electron chi connectivity index (χ2n) is 8.68. The molecule has 1 aliphatic heterocycles. The number of carboxylic acids is 1. The Morgan fingerprint density at radius 1 is 1.14 bits per heavy atom. The molecule has 0 radical (unpaired) electrons. The van der Waals surface area contributed by atoms with Gasteiger partial charge in [0, 0.05) is 0 Å². The first kappa shape index (κ1) is 27.1. The van der Waals surface area contributed by atoms with Gasteiger partial charge in [0.05, 0.1) is 22.6 Å². The number of halogens is 1. The van der Waals surface area contributed by atoms with Crippen LogP contribution in [0.15, 0.2) is 41.3 Å². The first-order valence-electron chi connectivity index (χ1n) is 10.7. The minimum atomic E-state index is -1.02. The molecule has 36 heavy (non-hydrogen) atoms. The third kappa shape index (κ3) is 6.79. The van der Waals surface area contributed by atoms with Gasteiger partial charge in [-0.3, -0.25) is 19.3 Å². The lowest BCUT2D eigenvalue weighted by Gasteiger charge is -2.21. The second kappa shape index (κ2) is 11.0. The van der Waals surface area contributed by atoms with Crippen molar-refractivity contribution in [3.8, 4) is 11.5 Å². The highest BCUT2D eigenvalue weighted by Gasteiger charge is 2.37. The van der Waals surface area contributed by atoms with Crippen LogP contribution in [0.25, 0.3) is 6.08 Å². The smallest absolute Gasteiger partial charge is 0.335 e. The molecule has 1 heterocycles. The van der Waals surface area contributed by atoms with Crippen LogP contribution in [-0.2, 0) is 20.9 Å². The van der Waals surface area contributed by atoms with Crippen LogP contribution in [0.3, 0.4) is 0 Å². The van der Waals surface area contributed by atoms with Gasteiger partial charge in [-0.1, -0.05) is 23.7 Å². The summed E-state index contributed by atoms with van der Waals surface area (Å²) in [4.78, 5) is 49.1. The largest absolute Gasteiger partial charge is 0.493 e. The fourth-order valence-corrected chi connectivity index (χ4v) is 4.26. The Labute approximate surface area is 217 Å². The molecule has 0 aliphatic carbocycles. The van der Waals surface area contributed by atoms with E-state index < -0.39 is 35.2 Å². The van der Waals surface area contributed by atoms with Gasteiger partial charge in [0.15, 0.2) is 11.5 Å². The molecule has 0 saturated carbocycles. The van der Waals surface area contributed by atoms with E-state index in [-0.39, 0.29) is 27.8 Å². The van der Waals surface area contributed by atoms with E-state index in [0.717, 1.165) is 10.5 Å². The van der Waals surface area contributed by atoms with Crippen molar-refractivity contribution in [2.75, 3.05) is 13.7 Å².